The number of aryl methyl sites for hydroxylation is 1. The molecule has 1 aromatic heterocycles. The number of aromatic nitrogens is 1. The van der Waals surface area contributed by atoms with E-state index in [2.05, 4.69) is 4.98 Å². The zero-order valence-electron chi connectivity index (χ0n) is 14.4. The Kier molecular flexibility index (Phi) is 4.05. The fourth-order valence-corrected chi connectivity index (χ4v) is 7.40. The van der Waals surface area contributed by atoms with Crippen LogP contribution in [0.1, 0.15) is 22.7 Å². The molecule has 0 unspecified atom stereocenters. The Labute approximate surface area is 157 Å². The summed E-state index contributed by atoms with van der Waals surface area (Å²) in [6.07, 6.45) is 1.59. The quantitative estimate of drug-likeness (QED) is 0.761. The molecule has 2 aromatic rings. The lowest BCUT2D eigenvalue weighted by Crippen LogP contribution is -2.46. The minimum Gasteiger partial charge on any atom is -0.245 e. The Morgan fingerprint density at radius 2 is 2.04 bits per heavy atom. The number of nitrogens with zero attached hydrogens (tertiary/aromatic N) is 3. The van der Waals surface area contributed by atoms with Crippen LogP contribution in [0.3, 0.4) is 0 Å². The van der Waals surface area contributed by atoms with Gasteiger partial charge in [-0.25, -0.2) is 21.8 Å². The van der Waals surface area contributed by atoms with Gasteiger partial charge in [-0.2, -0.15) is 8.61 Å². The van der Waals surface area contributed by atoms with Crippen LogP contribution in [0.2, 0.25) is 0 Å². The molecule has 10 heteroatoms. The monoisotopic (exact) mass is 413 g/mol. The van der Waals surface area contributed by atoms with Crippen LogP contribution in [-0.2, 0) is 32.1 Å². The number of hydrogen-bond acceptors (Lipinski definition) is 6. The molecule has 0 bridgehead atoms. The van der Waals surface area contributed by atoms with Gasteiger partial charge in [-0.3, -0.25) is 0 Å². The summed E-state index contributed by atoms with van der Waals surface area (Å²) in [5.41, 5.74) is 0.481. The third kappa shape index (κ3) is 2.63. The molecular formula is C16H19N3O4S3. The van der Waals surface area contributed by atoms with Crippen molar-refractivity contribution in [1.29, 1.82) is 0 Å². The summed E-state index contributed by atoms with van der Waals surface area (Å²) in [6, 6.07) is 6.90. The number of thiazole rings is 1. The molecule has 140 valence electrons. The van der Waals surface area contributed by atoms with Gasteiger partial charge in [-0.1, -0.05) is 18.2 Å². The zero-order chi connectivity index (χ0) is 18.7. The van der Waals surface area contributed by atoms with Crippen molar-refractivity contribution in [2.24, 2.45) is 0 Å². The third-order valence-electron chi connectivity index (χ3n) is 5.09. The molecule has 2 aliphatic rings. The summed E-state index contributed by atoms with van der Waals surface area (Å²) in [6.45, 7) is 2.44. The van der Waals surface area contributed by atoms with Crippen LogP contribution in [0.15, 0.2) is 34.5 Å². The van der Waals surface area contributed by atoms with E-state index in [9.17, 15) is 16.8 Å². The lowest BCUT2D eigenvalue weighted by Gasteiger charge is -2.33. The average Bonchev–Trinajstić information content (AvgIpc) is 3.22. The highest BCUT2D eigenvalue weighted by Gasteiger charge is 2.57. The second-order valence-corrected chi connectivity index (χ2v) is 11.6. The zero-order valence-corrected chi connectivity index (χ0v) is 16.9. The first-order valence-corrected chi connectivity index (χ1v) is 12.3. The van der Waals surface area contributed by atoms with E-state index in [-0.39, 0.29) is 18.0 Å². The molecule has 4 rings (SSSR count). The summed E-state index contributed by atoms with van der Waals surface area (Å²) >= 11 is 1.47. The molecule has 2 aliphatic heterocycles. The molecular weight excluding hydrogens is 394 g/mol. The highest BCUT2D eigenvalue weighted by atomic mass is 32.2. The Morgan fingerprint density at radius 3 is 2.65 bits per heavy atom. The van der Waals surface area contributed by atoms with Gasteiger partial charge in [0.1, 0.15) is 0 Å². The van der Waals surface area contributed by atoms with E-state index in [4.69, 9.17) is 0 Å². The summed E-state index contributed by atoms with van der Waals surface area (Å²) < 4.78 is 53.4. The van der Waals surface area contributed by atoms with Crippen LogP contribution in [0.25, 0.3) is 0 Å². The smallest absolute Gasteiger partial charge is 0.244 e. The van der Waals surface area contributed by atoms with E-state index < -0.39 is 25.6 Å². The van der Waals surface area contributed by atoms with Crippen molar-refractivity contribution in [2.45, 2.75) is 30.3 Å². The first kappa shape index (κ1) is 18.1. The van der Waals surface area contributed by atoms with Gasteiger partial charge in [0.2, 0.25) is 20.0 Å². The third-order valence-corrected chi connectivity index (χ3v) is 9.13. The van der Waals surface area contributed by atoms with Crippen molar-refractivity contribution in [1.82, 2.24) is 13.6 Å². The summed E-state index contributed by atoms with van der Waals surface area (Å²) in [4.78, 5) is 4.67. The van der Waals surface area contributed by atoms with E-state index in [1.54, 1.807) is 24.3 Å². The standard InChI is InChI=1S/C16H19N3O4S3/c1-12-17-13(10-24-12)9-19-16(7-8-18(11-16)25(2,20)21)14-5-3-4-6-15(14)26(19,22)23/h3-6,10H,7-9,11H2,1-2H3/t16-/m0/s1. The van der Waals surface area contributed by atoms with Crippen molar-refractivity contribution >= 4 is 31.4 Å². The lowest BCUT2D eigenvalue weighted by atomic mass is 9.89. The van der Waals surface area contributed by atoms with Crippen LogP contribution in [0, 0.1) is 6.92 Å². The molecule has 1 spiro atoms. The number of benzene rings is 1. The van der Waals surface area contributed by atoms with E-state index in [1.165, 1.54) is 19.9 Å². The van der Waals surface area contributed by atoms with E-state index >= 15 is 0 Å². The van der Waals surface area contributed by atoms with Crippen molar-refractivity contribution < 1.29 is 16.8 Å². The number of rotatable bonds is 3. The first-order valence-electron chi connectivity index (χ1n) is 8.13. The molecule has 0 amide bonds. The van der Waals surface area contributed by atoms with Gasteiger partial charge >= 0.3 is 0 Å². The molecule has 26 heavy (non-hydrogen) atoms. The van der Waals surface area contributed by atoms with Gasteiger partial charge in [-0.15, -0.1) is 11.3 Å². The molecule has 7 nitrogen and oxygen atoms in total. The molecule has 1 atom stereocenters. The Hall–Kier alpha value is -1.33. The molecule has 1 saturated heterocycles. The largest absolute Gasteiger partial charge is 0.245 e. The Bertz CT molecular complexity index is 1080. The fraction of sp³-hybridized carbons (Fsp3) is 0.438. The van der Waals surface area contributed by atoms with Gasteiger partial charge in [0.05, 0.1) is 33.9 Å². The first-order chi connectivity index (χ1) is 12.1. The number of fused-ring (bicyclic) bond motifs is 2. The summed E-state index contributed by atoms with van der Waals surface area (Å²) in [5.74, 6) is 0. The predicted octanol–water partition coefficient (Wildman–Crippen LogP) is 1.52. The summed E-state index contributed by atoms with van der Waals surface area (Å²) in [7, 11) is -7.12. The normalized spacial score (nSPS) is 25.8. The van der Waals surface area contributed by atoms with Crippen LogP contribution >= 0.6 is 11.3 Å². The average molecular weight is 414 g/mol. The van der Waals surface area contributed by atoms with E-state index in [1.807, 2.05) is 12.3 Å². The highest BCUT2D eigenvalue weighted by Crippen LogP contribution is 2.50. The van der Waals surface area contributed by atoms with Gasteiger partial charge in [0.25, 0.3) is 0 Å². The Balaban J connectivity index is 1.85. The topological polar surface area (TPSA) is 87.7 Å². The van der Waals surface area contributed by atoms with Crippen LogP contribution < -0.4 is 0 Å². The minimum atomic E-state index is -3.72. The van der Waals surface area contributed by atoms with Crippen molar-refractivity contribution in [3.8, 4) is 0 Å². The lowest BCUT2D eigenvalue weighted by molar-refractivity contribution is 0.202. The van der Waals surface area contributed by atoms with Crippen molar-refractivity contribution in [3.63, 3.8) is 0 Å². The molecule has 0 saturated carbocycles. The predicted molar refractivity (Wildman–Crippen MR) is 98.7 cm³/mol. The highest BCUT2D eigenvalue weighted by molar-refractivity contribution is 7.89. The second-order valence-electron chi connectivity index (χ2n) is 6.74. The summed E-state index contributed by atoms with van der Waals surface area (Å²) in [5, 5.41) is 2.72. The maximum absolute atomic E-state index is 13.2. The maximum atomic E-state index is 13.2. The Morgan fingerprint density at radius 1 is 1.31 bits per heavy atom. The van der Waals surface area contributed by atoms with Crippen LogP contribution in [-0.4, -0.2) is 49.8 Å². The van der Waals surface area contributed by atoms with E-state index in [0.717, 1.165) is 11.3 Å². The maximum Gasteiger partial charge on any atom is 0.244 e. The molecule has 0 N–H and O–H groups in total. The number of hydrogen-bond donors (Lipinski definition) is 0. The molecule has 1 aromatic carbocycles. The molecule has 0 radical (unpaired) electrons. The fourth-order valence-electron chi connectivity index (χ4n) is 3.89. The van der Waals surface area contributed by atoms with Gasteiger partial charge in [0.15, 0.2) is 0 Å². The minimum absolute atomic E-state index is 0.130. The SMILES string of the molecule is Cc1nc(CN2[C@]3(CCN(S(C)(=O)=O)C3)c3ccccc3S2(=O)=O)cs1. The van der Waals surface area contributed by atoms with Gasteiger partial charge in [-0.05, 0) is 25.0 Å². The molecule has 1 fully saturated rings. The second kappa shape index (κ2) is 5.83. The molecule has 0 aliphatic carbocycles. The number of sulfonamides is 2. The van der Waals surface area contributed by atoms with E-state index in [0.29, 0.717) is 24.2 Å². The van der Waals surface area contributed by atoms with Crippen molar-refractivity contribution in [3.05, 3.63) is 45.9 Å². The molecule has 3 heterocycles. The van der Waals surface area contributed by atoms with Gasteiger partial charge in [0, 0.05) is 18.5 Å². The van der Waals surface area contributed by atoms with Crippen LogP contribution in [0.5, 0.6) is 0 Å². The van der Waals surface area contributed by atoms with Crippen molar-refractivity contribution in [2.75, 3.05) is 19.3 Å². The van der Waals surface area contributed by atoms with Gasteiger partial charge < -0.3 is 0 Å². The van der Waals surface area contributed by atoms with Crippen LogP contribution in [0.4, 0.5) is 0 Å².